The fraction of sp³-hybridized carbons (Fsp3) is 0.318. The molecular formula is C22H23F2N5O4. The van der Waals surface area contributed by atoms with Gasteiger partial charge in [0.1, 0.15) is 17.1 Å². The number of carboxylic acid groups (broad SMARTS) is 1. The van der Waals surface area contributed by atoms with Crippen LogP contribution in [-0.2, 0) is 4.74 Å². The number of ether oxygens (including phenoxy) is 1. The van der Waals surface area contributed by atoms with E-state index in [1.54, 1.807) is 24.4 Å². The van der Waals surface area contributed by atoms with Crippen LogP contribution in [0.1, 0.15) is 29.2 Å². The lowest BCUT2D eigenvalue weighted by Crippen LogP contribution is -2.27. The Morgan fingerprint density at radius 2 is 1.94 bits per heavy atom. The van der Waals surface area contributed by atoms with Crippen molar-refractivity contribution in [2.75, 3.05) is 42.7 Å². The van der Waals surface area contributed by atoms with Crippen LogP contribution in [0.25, 0.3) is 10.9 Å². The molecule has 0 unspecified atom stereocenters. The molecule has 1 saturated heterocycles. The Morgan fingerprint density at radius 3 is 2.61 bits per heavy atom. The summed E-state index contributed by atoms with van der Waals surface area (Å²) in [4.78, 5) is 28.5. The molecule has 0 bridgehead atoms. The van der Waals surface area contributed by atoms with Crippen LogP contribution in [0.4, 0.5) is 26.0 Å². The van der Waals surface area contributed by atoms with E-state index < -0.39 is 45.4 Å². The van der Waals surface area contributed by atoms with Crippen LogP contribution in [0.3, 0.4) is 0 Å². The molecule has 3 heterocycles. The van der Waals surface area contributed by atoms with Crippen LogP contribution in [0.2, 0.25) is 0 Å². The van der Waals surface area contributed by atoms with Gasteiger partial charge in [-0.25, -0.2) is 18.6 Å². The summed E-state index contributed by atoms with van der Waals surface area (Å²) in [6, 6.07) is 4.98. The van der Waals surface area contributed by atoms with Gasteiger partial charge in [-0.05, 0) is 25.0 Å². The lowest BCUT2D eigenvalue weighted by atomic mass is 10.0. The van der Waals surface area contributed by atoms with E-state index in [0.717, 1.165) is 6.20 Å². The van der Waals surface area contributed by atoms with Gasteiger partial charge in [0.2, 0.25) is 5.43 Å². The molecule has 0 spiro atoms. The van der Waals surface area contributed by atoms with E-state index in [1.165, 1.54) is 4.57 Å². The minimum atomic E-state index is -1.49. The van der Waals surface area contributed by atoms with E-state index in [-0.39, 0.29) is 18.1 Å². The number of benzene rings is 1. The summed E-state index contributed by atoms with van der Waals surface area (Å²) in [5.41, 5.74) is 2.98. The highest BCUT2D eigenvalue weighted by Crippen LogP contribution is 2.35. The number of hydrogen-bond acceptors (Lipinski definition) is 7. The van der Waals surface area contributed by atoms with Gasteiger partial charge in [0.15, 0.2) is 11.6 Å². The van der Waals surface area contributed by atoms with Gasteiger partial charge in [-0.15, -0.1) is 0 Å². The predicted molar refractivity (Wildman–Crippen MR) is 120 cm³/mol. The highest BCUT2D eigenvalue weighted by molar-refractivity contribution is 5.99. The van der Waals surface area contributed by atoms with Gasteiger partial charge in [0.05, 0.1) is 16.6 Å². The Labute approximate surface area is 187 Å². The van der Waals surface area contributed by atoms with Gasteiger partial charge in [-0.1, -0.05) is 6.07 Å². The van der Waals surface area contributed by atoms with E-state index in [4.69, 9.17) is 10.5 Å². The number of nitrogen functional groups attached to an aromatic ring is 1. The Kier molecular flexibility index (Phi) is 6.40. The van der Waals surface area contributed by atoms with Crippen LogP contribution < -0.4 is 21.8 Å². The number of fused-ring (bicyclic) bond motifs is 1. The van der Waals surface area contributed by atoms with Gasteiger partial charge in [0.25, 0.3) is 0 Å². The van der Waals surface area contributed by atoms with Crippen molar-refractivity contribution in [1.29, 1.82) is 0 Å². The first-order chi connectivity index (χ1) is 15.9. The zero-order valence-corrected chi connectivity index (χ0v) is 17.6. The number of nitrogens with zero attached hydrogens (tertiary/aromatic N) is 2. The van der Waals surface area contributed by atoms with Crippen LogP contribution in [0.15, 0.2) is 35.4 Å². The SMILES string of the molecule is Nc1c(F)c(NCCNc2ccccn2)c(F)c2c1c(=O)c(C(=O)O)cn2C1CCOCC1. The summed E-state index contributed by atoms with van der Waals surface area (Å²) in [7, 11) is 0. The van der Waals surface area contributed by atoms with E-state index >= 15 is 8.78 Å². The molecule has 1 aliphatic heterocycles. The first-order valence-electron chi connectivity index (χ1n) is 10.4. The fourth-order valence-electron chi connectivity index (χ4n) is 3.97. The normalized spacial score (nSPS) is 14.4. The van der Waals surface area contributed by atoms with E-state index in [0.29, 0.717) is 38.4 Å². The number of anilines is 3. The van der Waals surface area contributed by atoms with Crippen molar-refractivity contribution in [3.63, 3.8) is 0 Å². The Balaban J connectivity index is 1.76. The first kappa shape index (κ1) is 22.5. The van der Waals surface area contributed by atoms with Crippen molar-refractivity contribution in [1.82, 2.24) is 9.55 Å². The second-order valence-electron chi connectivity index (χ2n) is 7.64. The molecule has 9 nitrogen and oxygen atoms in total. The average molecular weight is 459 g/mol. The maximum atomic E-state index is 15.7. The molecule has 11 heteroatoms. The number of rotatable bonds is 7. The standard InChI is InChI=1S/C22H23F2N5O4/c23-16-18(25)15-20(17(24)19(16)28-8-7-27-14-3-1-2-6-26-14)29(12-4-9-33-10-5-12)11-13(21(15)30)22(31)32/h1-3,6,11-12,28H,4-5,7-10,25H2,(H,26,27)(H,31,32). The van der Waals surface area contributed by atoms with Crippen molar-refractivity contribution in [3.05, 3.63) is 58.0 Å². The van der Waals surface area contributed by atoms with Gasteiger partial charge >= 0.3 is 5.97 Å². The zero-order valence-electron chi connectivity index (χ0n) is 17.6. The lowest BCUT2D eigenvalue weighted by molar-refractivity contribution is 0.0680. The molecular weight excluding hydrogens is 436 g/mol. The Morgan fingerprint density at radius 1 is 1.21 bits per heavy atom. The van der Waals surface area contributed by atoms with Gasteiger partial charge in [-0.3, -0.25) is 4.79 Å². The number of pyridine rings is 2. The summed E-state index contributed by atoms with van der Waals surface area (Å²) in [5, 5.41) is 14.7. The van der Waals surface area contributed by atoms with E-state index in [2.05, 4.69) is 15.6 Å². The highest BCUT2D eigenvalue weighted by Gasteiger charge is 2.28. The molecule has 33 heavy (non-hydrogen) atoms. The van der Waals surface area contributed by atoms with E-state index in [9.17, 15) is 14.7 Å². The average Bonchev–Trinajstić information content (AvgIpc) is 2.83. The van der Waals surface area contributed by atoms with Gasteiger partial charge in [0, 0.05) is 44.7 Å². The summed E-state index contributed by atoms with van der Waals surface area (Å²) in [6.45, 7) is 1.22. The molecule has 1 fully saturated rings. The molecule has 1 aromatic carbocycles. The molecule has 4 rings (SSSR count). The Bertz CT molecular complexity index is 1240. The minimum Gasteiger partial charge on any atom is -0.477 e. The number of halogens is 2. The monoisotopic (exact) mass is 459 g/mol. The number of hydrogen-bond donors (Lipinski definition) is 4. The number of carbonyl (C=O) groups is 1. The second kappa shape index (κ2) is 9.41. The summed E-state index contributed by atoms with van der Waals surface area (Å²) >= 11 is 0. The highest BCUT2D eigenvalue weighted by atomic mass is 19.1. The van der Waals surface area contributed by atoms with Crippen LogP contribution in [0, 0.1) is 11.6 Å². The molecule has 174 valence electrons. The predicted octanol–water partition coefficient (Wildman–Crippen LogP) is 2.83. The quantitative estimate of drug-likeness (QED) is 0.313. The number of aromatic carboxylic acids is 1. The number of carboxylic acids is 1. The summed E-state index contributed by atoms with van der Waals surface area (Å²) in [5.74, 6) is -3.04. The molecule has 5 N–H and O–H groups in total. The van der Waals surface area contributed by atoms with E-state index in [1.807, 2.05) is 0 Å². The topological polar surface area (TPSA) is 131 Å². The fourth-order valence-corrected chi connectivity index (χ4v) is 3.97. The summed E-state index contributed by atoms with van der Waals surface area (Å²) in [6.07, 6.45) is 3.67. The van der Waals surface area contributed by atoms with Crippen molar-refractivity contribution in [3.8, 4) is 0 Å². The third-order valence-corrected chi connectivity index (χ3v) is 5.60. The van der Waals surface area contributed by atoms with Crippen molar-refractivity contribution < 1.29 is 23.4 Å². The van der Waals surface area contributed by atoms with Crippen molar-refractivity contribution in [2.45, 2.75) is 18.9 Å². The maximum absolute atomic E-state index is 15.7. The molecule has 1 aliphatic rings. The minimum absolute atomic E-state index is 0.129. The van der Waals surface area contributed by atoms with Crippen LogP contribution in [-0.4, -0.2) is 46.9 Å². The molecule has 3 aromatic rings. The summed E-state index contributed by atoms with van der Waals surface area (Å²) < 4.78 is 37.4. The third-order valence-electron chi connectivity index (χ3n) is 5.60. The maximum Gasteiger partial charge on any atom is 0.341 e. The van der Waals surface area contributed by atoms with Gasteiger partial charge < -0.3 is 30.8 Å². The molecule has 0 atom stereocenters. The molecule has 2 aromatic heterocycles. The molecule has 0 aliphatic carbocycles. The third kappa shape index (κ3) is 4.31. The lowest BCUT2D eigenvalue weighted by Gasteiger charge is -2.27. The first-order valence-corrected chi connectivity index (χ1v) is 10.4. The van der Waals surface area contributed by atoms with Crippen molar-refractivity contribution in [2.24, 2.45) is 0 Å². The number of aromatic nitrogens is 2. The Hall–Kier alpha value is -3.73. The van der Waals surface area contributed by atoms with Crippen molar-refractivity contribution >= 4 is 34.1 Å². The largest absolute Gasteiger partial charge is 0.477 e. The van der Waals surface area contributed by atoms with Gasteiger partial charge in [-0.2, -0.15) is 0 Å². The smallest absolute Gasteiger partial charge is 0.341 e. The molecule has 0 saturated carbocycles. The molecule has 0 amide bonds. The zero-order chi connectivity index (χ0) is 23.5. The molecule has 0 radical (unpaired) electrons. The number of nitrogens with one attached hydrogen (secondary N) is 2. The number of nitrogens with two attached hydrogens (primary N) is 1. The van der Waals surface area contributed by atoms with Crippen LogP contribution >= 0.6 is 0 Å². The van der Waals surface area contributed by atoms with Crippen LogP contribution in [0.5, 0.6) is 0 Å². The second-order valence-corrected chi connectivity index (χ2v) is 7.64.